The van der Waals surface area contributed by atoms with Crippen molar-refractivity contribution in [1.29, 1.82) is 0 Å². The van der Waals surface area contributed by atoms with E-state index in [4.69, 9.17) is 9.97 Å². The summed E-state index contributed by atoms with van der Waals surface area (Å²) in [4.78, 5) is 11.0. The minimum Gasteiger partial charge on any atom is -0.309 e. The molecule has 0 N–H and O–H groups in total. The van der Waals surface area contributed by atoms with Gasteiger partial charge >= 0.3 is 0 Å². The molecule has 0 saturated heterocycles. The first-order valence-corrected chi connectivity index (χ1v) is 37.6. The highest BCUT2D eigenvalue weighted by atomic mass is 15.0. The number of hydrogen-bond acceptors (Lipinski definition) is 2. The van der Waals surface area contributed by atoms with Gasteiger partial charge in [-0.1, -0.05) is 228 Å². The zero-order valence-electron chi connectivity index (χ0n) is 60.0. The first kappa shape index (κ1) is 60.7. The number of fused-ring (bicyclic) bond motifs is 21. The molecule has 5 aromatic heterocycles. The highest BCUT2D eigenvalue weighted by molar-refractivity contribution is 6.16. The molecule has 0 radical (unpaired) electrons. The Morgan fingerprint density at radius 3 is 0.963 bits per heavy atom. The van der Waals surface area contributed by atoms with Crippen molar-refractivity contribution >= 4 is 109 Å². The predicted octanol–water partition coefficient (Wildman–Crippen LogP) is 26.5. The monoisotopic (exact) mass is 1380 g/mol. The van der Waals surface area contributed by atoms with Crippen LogP contribution in [0.1, 0.15) is 49.9 Å². The molecular weight excluding hydrogens is 1310 g/mol. The van der Waals surface area contributed by atoms with Crippen molar-refractivity contribution in [2.24, 2.45) is 0 Å². The Balaban J connectivity index is 0.577. The summed E-state index contributed by atoms with van der Waals surface area (Å²) in [5.41, 5.74) is 33.1. The van der Waals surface area contributed by atoms with Crippen LogP contribution in [-0.2, 0) is 10.8 Å². The lowest BCUT2D eigenvalue weighted by Crippen LogP contribution is -2.15. The van der Waals surface area contributed by atoms with Gasteiger partial charge in [0.25, 0.3) is 0 Å². The summed E-state index contributed by atoms with van der Waals surface area (Å²) in [6.07, 6.45) is 0. The standard InChI is InChI=1S/C102H68N6/c1-101(2)86-27-13-7-21-73(86)75-49-46-70(59-88(75)101)107-92-31-17-11-25-79(92)84-57-66(40-53-96(84)107)64-38-51-94-82(55-64)77-23-9-15-29-90(77)105(94)68-42-33-62(34-43-68)98-81-48-37-61-19-5-6-20-72(61)99(81)104-100(103-98)63-35-44-69(45-36-63)106-91-30-16-10-24-78(91)83-56-65(39-52-95(83)106)67-41-54-97-85(58-67)80-26-12-18-32-93(80)108(97)71-47-50-76-74-22-8-14-28-87(74)102(3,4)89(76)60-71/h5-60H,1-4H3. The number of aromatic nitrogens is 6. The molecule has 0 atom stereocenters. The second-order valence-electron chi connectivity index (χ2n) is 30.8. The third-order valence-corrected chi connectivity index (χ3v) is 24.4. The molecule has 6 nitrogen and oxygen atoms in total. The fourth-order valence-corrected chi connectivity index (χ4v) is 19.1. The zero-order chi connectivity index (χ0) is 71.4. The van der Waals surface area contributed by atoms with E-state index in [1.807, 2.05) is 0 Å². The predicted molar refractivity (Wildman–Crippen MR) is 451 cm³/mol. The Morgan fingerprint density at radius 2 is 0.537 bits per heavy atom. The molecule has 23 rings (SSSR count). The quantitative estimate of drug-likeness (QED) is 0.142. The van der Waals surface area contributed by atoms with Gasteiger partial charge in [0.15, 0.2) is 5.82 Å². The van der Waals surface area contributed by atoms with Crippen molar-refractivity contribution in [3.8, 4) is 89.9 Å². The summed E-state index contributed by atoms with van der Waals surface area (Å²) in [5, 5.41) is 13.0. The maximum absolute atomic E-state index is 5.54. The van der Waals surface area contributed by atoms with E-state index in [0.717, 1.165) is 71.9 Å². The van der Waals surface area contributed by atoms with Crippen LogP contribution >= 0.6 is 0 Å². The number of para-hydroxylation sites is 4. The smallest absolute Gasteiger partial charge is 0.160 e. The van der Waals surface area contributed by atoms with Crippen LogP contribution in [0.15, 0.2) is 340 Å². The van der Waals surface area contributed by atoms with E-state index >= 15 is 0 Å². The van der Waals surface area contributed by atoms with Crippen molar-refractivity contribution in [3.63, 3.8) is 0 Å². The van der Waals surface area contributed by atoms with Crippen LogP contribution in [0.3, 0.4) is 0 Å². The minimum atomic E-state index is -0.0964. The number of rotatable bonds is 8. The van der Waals surface area contributed by atoms with E-state index in [0.29, 0.717) is 5.82 Å². The SMILES string of the molecule is CC1(C)c2ccccc2-c2ccc(-n3c4ccccc4c4cc(-c5ccc6c(c5)c5ccccc5n6-c5ccc(-c6nc(-c7ccc(-n8c9ccccc9c9cc(-c%10ccc%11c(c%10)c%10ccccc%10n%11-c%10ccc%11c(c%10)C(C)(C)c%10ccccc%10-%11)ccc98)cc7)c7ccc8ccccc8c7n6)cc5)ccc43)cc21. The lowest BCUT2D eigenvalue weighted by Gasteiger charge is -2.22. The van der Waals surface area contributed by atoms with Gasteiger partial charge < -0.3 is 18.3 Å². The molecule has 108 heavy (non-hydrogen) atoms. The summed E-state index contributed by atoms with van der Waals surface area (Å²) >= 11 is 0. The third-order valence-electron chi connectivity index (χ3n) is 24.4. The molecule has 0 fully saturated rings. The molecule has 0 saturated carbocycles. The van der Waals surface area contributed by atoms with Gasteiger partial charge in [0.05, 0.1) is 55.3 Å². The summed E-state index contributed by atoms with van der Waals surface area (Å²) in [7, 11) is 0. The van der Waals surface area contributed by atoms with Crippen LogP contribution in [0, 0.1) is 0 Å². The molecule has 16 aromatic carbocycles. The maximum Gasteiger partial charge on any atom is 0.160 e. The minimum absolute atomic E-state index is 0.0964. The Bertz CT molecular complexity index is 7470. The second kappa shape index (κ2) is 22.4. The lowest BCUT2D eigenvalue weighted by molar-refractivity contribution is 0.660. The van der Waals surface area contributed by atoms with Crippen molar-refractivity contribution < 1.29 is 0 Å². The highest BCUT2D eigenvalue weighted by Crippen LogP contribution is 2.52. The Hall–Kier alpha value is -13.7. The van der Waals surface area contributed by atoms with Crippen LogP contribution in [0.25, 0.3) is 199 Å². The van der Waals surface area contributed by atoms with Gasteiger partial charge in [-0.2, -0.15) is 0 Å². The molecule has 0 bridgehead atoms. The van der Waals surface area contributed by atoms with Gasteiger partial charge in [-0.25, -0.2) is 9.97 Å². The Morgan fingerprint density at radius 1 is 0.213 bits per heavy atom. The van der Waals surface area contributed by atoms with Gasteiger partial charge in [-0.3, -0.25) is 0 Å². The van der Waals surface area contributed by atoms with E-state index in [2.05, 4.69) is 386 Å². The number of nitrogens with zero attached hydrogens (tertiary/aromatic N) is 6. The number of hydrogen-bond donors (Lipinski definition) is 0. The molecule has 6 heteroatoms. The molecule has 2 aliphatic rings. The van der Waals surface area contributed by atoms with Gasteiger partial charge in [-0.15, -0.1) is 0 Å². The van der Waals surface area contributed by atoms with E-state index in [-0.39, 0.29) is 10.8 Å². The average molecular weight is 1380 g/mol. The summed E-state index contributed by atoms with van der Waals surface area (Å²) in [5.74, 6) is 0.677. The fraction of sp³-hybridized carbons (Fsp3) is 0.0588. The van der Waals surface area contributed by atoms with Crippen LogP contribution in [0.4, 0.5) is 0 Å². The average Bonchev–Trinajstić information content (AvgIpc) is 1.34. The Kier molecular flexibility index (Phi) is 12.6. The van der Waals surface area contributed by atoms with Gasteiger partial charge in [0.2, 0.25) is 0 Å². The zero-order valence-corrected chi connectivity index (χ0v) is 60.0. The van der Waals surface area contributed by atoms with Crippen LogP contribution < -0.4 is 0 Å². The number of benzene rings is 16. The molecular formula is C102H68N6. The third kappa shape index (κ3) is 8.65. The molecule has 2 aliphatic carbocycles. The molecule has 5 heterocycles. The van der Waals surface area contributed by atoms with Gasteiger partial charge in [-0.05, 0) is 212 Å². The van der Waals surface area contributed by atoms with Crippen molar-refractivity contribution in [3.05, 3.63) is 362 Å². The topological polar surface area (TPSA) is 45.5 Å². The van der Waals surface area contributed by atoms with E-state index in [1.165, 1.54) is 143 Å². The summed E-state index contributed by atoms with van der Waals surface area (Å²) in [6.45, 7) is 9.45. The molecule has 0 spiro atoms. The molecule has 506 valence electrons. The molecule has 21 aromatic rings. The first-order valence-electron chi connectivity index (χ1n) is 37.6. The normalized spacial score (nSPS) is 13.5. The van der Waals surface area contributed by atoms with Crippen LogP contribution in [0.5, 0.6) is 0 Å². The molecule has 0 unspecified atom stereocenters. The largest absolute Gasteiger partial charge is 0.309 e. The second-order valence-corrected chi connectivity index (χ2v) is 30.8. The fourth-order valence-electron chi connectivity index (χ4n) is 19.1. The van der Waals surface area contributed by atoms with Crippen molar-refractivity contribution in [2.45, 2.75) is 38.5 Å². The maximum atomic E-state index is 5.54. The highest BCUT2D eigenvalue weighted by Gasteiger charge is 2.37. The van der Waals surface area contributed by atoms with E-state index in [9.17, 15) is 0 Å². The summed E-state index contributed by atoms with van der Waals surface area (Å²) < 4.78 is 9.73. The van der Waals surface area contributed by atoms with Crippen molar-refractivity contribution in [1.82, 2.24) is 28.2 Å². The molecule has 0 aliphatic heterocycles. The lowest BCUT2D eigenvalue weighted by atomic mass is 9.82. The van der Waals surface area contributed by atoms with Crippen LogP contribution in [-0.4, -0.2) is 28.2 Å². The van der Waals surface area contributed by atoms with E-state index in [1.54, 1.807) is 0 Å². The van der Waals surface area contributed by atoms with Gasteiger partial charge in [0.1, 0.15) is 0 Å². The molecule has 0 amide bonds. The van der Waals surface area contributed by atoms with Crippen molar-refractivity contribution in [2.75, 3.05) is 0 Å². The van der Waals surface area contributed by atoms with Gasteiger partial charge in [0, 0.05) is 98.6 Å². The van der Waals surface area contributed by atoms with E-state index < -0.39 is 0 Å². The Labute approximate surface area is 623 Å². The first-order chi connectivity index (χ1) is 53.1. The summed E-state index contributed by atoms with van der Waals surface area (Å²) in [6, 6.07) is 126. The van der Waals surface area contributed by atoms with Crippen LogP contribution in [0.2, 0.25) is 0 Å².